The number of carbonyl (C=O) groups is 2. The van der Waals surface area contributed by atoms with Gasteiger partial charge in [0.25, 0.3) is 0 Å². The molecule has 0 aliphatic carbocycles. The Morgan fingerprint density at radius 1 is 1.03 bits per heavy atom. The molecule has 0 radical (unpaired) electrons. The summed E-state index contributed by atoms with van der Waals surface area (Å²) in [6.45, 7) is 2.80. The van der Waals surface area contributed by atoms with E-state index in [4.69, 9.17) is 4.74 Å². The van der Waals surface area contributed by atoms with Gasteiger partial charge >= 0.3 is 0 Å². The van der Waals surface area contributed by atoms with Crippen molar-refractivity contribution < 1.29 is 14.3 Å². The van der Waals surface area contributed by atoms with Crippen molar-refractivity contribution in [3.05, 3.63) is 83.2 Å². The lowest BCUT2D eigenvalue weighted by molar-refractivity contribution is -0.119. The van der Waals surface area contributed by atoms with Crippen molar-refractivity contribution in [2.75, 3.05) is 18.5 Å². The first-order valence-electron chi connectivity index (χ1n) is 12.4. The lowest BCUT2D eigenvalue weighted by Gasteiger charge is -2.26. The highest BCUT2D eigenvalue weighted by Crippen LogP contribution is 2.35. The van der Waals surface area contributed by atoms with E-state index in [0.29, 0.717) is 19.6 Å². The summed E-state index contributed by atoms with van der Waals surface area (Å²) in [7, 11) is 0. The van der Waals surface area contributed by atoms with E-state index in [2.05, 4.69) is 52.4 Å². The minimum atomic E-state index is -0.00811. The molecule has 4 aromatic rings. The predicted molar refractivity (Wildman–Crippen MR) is 147 cm³/mol. The van der Waals surface area contributed by atoms with Crippen LogP contribution >= 0.6 is 11.3 Å². The van der Waals surface area contributed by atoms with Gasteiger partial charge in [-0.05, 0) is 88.7 Å². The molecule has 2 heterocycles. The van der Waals surface area contributed by atoms with Crippen LogP contribution in [0.15, 0.2) is 72.1 Å². The largest absolute Gasteiger partial charge is 0.493 e. The van der Waals surface area contributed by atoms with Crippen molar-refractivity contribution in [1.82, 2.24) is 5.32 Å². The van der Waals surface area contributed by atoms with Gasteiger partial charge in [-0.25, -0.2) is 0 Å². The fraction of sp³-hybridized carbons (Fsp3) is 0.267. The molecular weight excluding hydrogens is 468 g/mol. The number of ether oxygens (including phenoxy) is 1. The minimum Gasteiger partial charge on any atom is -0.493 e. The van der Waals surface area contributed by atoms with Crippen LogP contribution in [-0.2, 0) is 22.4 Å². The summed E-state index contributed by atoms with van der Waals surface area (Å²) in [5.41, 5.74) is 5.66. The van der Waals surface area contributed by atoms with E-state index in [1.54, 1.807) is 18.3 Å². The zero-order chi connectivity index (χ0) is 24.9. The molecular formula is C30H30N2O3S. The van der Waals surface area contributed by atoms with Crippen LogP contribution in [0.1, 0.15) is 30.9 Å². The Bertz CT molecular complexity index is 1380. The highest BCUT2D eigenvalue weighted by molar-refractivity contribution is 7.17. The summed E-state index contributed by atoms with van der Waals surface area (Å²) in [4.78, 5) is 23.6. The lowest BCUT2D eigenvalue weighted by Crippen LogP contribution is -2.33. The average Bonchev–Trinajstić information content (AvgIpc) is 3.29. The molecule has 36 heavy (non-hydrogen) atoms. The number of thiophene rings is 1. The Balaban J connectivity index is 1.26. The summed E-state index contributed by atoms with van der Waals surface area (Å²) in [5, 5.41) is 9.35. The number of benzene rings is 3. The number of anilines is 1. The number of nitrogens with one attached hydrogen (secondary N) is 2. The number of hydrogen-bond donors (Lipinski definition) is 2. The average molecular weight is 499 g/mol. The quantitative estimate of drug-likeness (QED) is 0.303. The molecule has 2 amide bonds. The molecule has 1 atom stereocenters. The van der Waals surface area contributed by atoms with Gasteiger partial charge in [0.05, 0.1) is 6.61 Å². The molecule has 1 unspecified atom stereocenters. The maximum absolute atomic E-state index is 12.3. The van der Waals surface area contributed by atoms with Gasteiger partial charge in [-0.1, -0.05) is 30.3 Å². The number of aryl methyl sites for hydroxylation is 1. The van der Waals surface area contributed by atoms with Crippen LogP contribution in [0.5, 0.6) is 5.75 Å². The molecule has 184 valence electrons. The second-order valence-electron chi connectivity index (χ2n) is 9.38. The van der Waals surface area contributed by atoms with Gasteiger partial charge in [0.1, 0.15) is 5.75 Å². The second kappa shape index (κ2) is 11.0. The number of para-hydroxylation sites is 1. The Morgan fingerprint density at radius 3 is 2.67 bits per heavy atom. The van der Waals surface area contributed by atoms with Crippen molar-refractivity contribution in [3.8, 4) is 16.9 Å². The van der Waals surface area contributed by atoms with Crippen LogP contribution in [0, 0.1) is 5.92 Å². The predicted octanol–water partition coefficient (Wildman–Crippen LogP) is 6.22. The van der Waals surface area contributed by atoms with E-state index in [0.717, 1.165) is 30.7 Å². The topological polar surface area (TPSA) is 67.4 Å². The van der Waals surface area contributed by atoms with Gasteiger partial charge in [-0.2, -0.15) is 0 Å². The first kappa shape index (κ1) is 24.1. The third kappa shape index (κ3) is 5.77. The van der Waals surface area contributed by atoms with Crippen molar-refractivity contribution in [2.45, 2.75) is 32.6 Å². The molecule has 0 saturated heterocycles. The SMILES string of the molecule is CC(=O)NCC1COc2ccc(-c3ccc4scc(CCCC(=O)Nc5ccccc5)c4c3)cc2C1. The fourth-order valence-electron chi connectivity index (χ4n) is 4.70. The zero-order valence-corrected chi connectivity index (χ0v) is 21.2. The third-order valence-electron chi connectivity index (χ3n) is 6.58. The standard InChI is InChI=1S/C30H30N2O3S/c1-20(33)31-17-21-14-25-15-22(10-12-28(25)35-18-21)23-11-13-29-27(16-23)24(19-36-29)6-5-9-30(34)32-26-7-3-2-4-8-26/h2-4,7-8,10-13,15-16,19,21H,5-6,9,14,17-18H2,1H3,(H,31,33)(H,32,34). The summed E-state index contributed by atoms with van der Waals surface area (Å²) < 4.78 is 7.22. The molecule has 5 rings (SSSR count). The van der Waals surface area contributed by atoms with Crippen LogP contribution in [0.4, 0.5) is 5.69 Å². The van der Waals surface area contributed by atoms with Crippen molar-refractivity contribution in [1.29, 1.82) is 0 Å². The van der Waals surface area contributed by atoms with E-state index in [1.807, 2.05) is 30.3 Å². The molecule has 3 aromatic carbocycles. The Morgan fingerprint density at radius 2 is 1.83 bits per heavy atom. The number of carbonyl (C=O) groups excluding carboxylic acids is 2. The molecule has 5 nitrogen and oxygen atoms in total. The van der Waals surface area contributed by atoms with Crippen LogP contribution in [0.3, 0.4) is 0 Å². The summed E-state index contributed by atoms with van der Waals surface area (Å²) >= 11 is 1.76. The summed E-state index contributed by atoms with van der Waals surface area (Å²) in [6.07, 6.45) is 3.06. The molecule has 2 N–H and O–H groups in total. The van der Waals surface area contributed by atoms with Crippen LogP contribution in [-0.4, -0.2) is 25.0 Å². The smallest absolute Gasteiger partial charge is 0.224 e. The number of amides is 2. The first-order chi connectivity index (χ1) is 17.5. The lowest BCUT2D eigenvalue weighted by atomic mass is 9.93. The third-order valence-corrected chi connectivity index (χ3v) is 7.59. The molecule has 0 spiro atoms. The van der Waals surface area contributed by atoms with Crippen LogP contribution < -0.4 is 15.4 Å². The van der Waals surface area contributed by atoms with E-state index in [1.165, 1.54) is 32.3 Å². The van der Waals surface area contributed by atoms with E-state index in [-0.39, 0.29) is 17.7 Å². The monoisotopic (exact) mass is 498 g/mol. The van der Waals surface area contributed by atoms with Gasteiger partial charge in [0, 0.05) is 36.2 Å². The molecule has 1 aliphatic heterocycles. The Kier molecular flexibility index (Phi) is 7.33. The molecule has 1 aliphatic rings. The molecule has 0 bridgehead atoms. The summed E-state index contributed by atoms with van der Waals surface area (Å²) in [6, 6.07) is 22.6. The van der Waals surface area contributed by atoms with Crippen molar-refractivity contribution >= 4 is 38.9 Å². The van der Waals surface area contributed by atoms with Gasteiger partial charge in [0.15, 0.2) is 0 Å². The molecule has 6 heteroatoms. The number of fused-ring (bicyclic) bond motifs is 2. The second-order valence-corrected chi connectivity index (χ2v) is 10.3. The van der Waals surface area contributed by atoms with Gasteiger partial charge < -0.3 is 15.4 Å². The van der Waals surface area contributed by atoms with Crippen molar-refractivity contribution in [3.63, 3.8) is 0 Å². The molecule has 0 fully saturated rings. The summed E-state index contributed by atoms with van der Waals surface area (Å²) in [5.74, 6) is 1.26. The first-order valence-corrected chi connectivity index (χ1v) is 13.3. The zero-order valence-electron chi connectivity index (χ0n) is 20.4. The maximum atomic E-state index is 12.3. The normalized spacial score (nSPS) is 14.6. The van der Waals surface area contributed by atoms with Crippen molar-refractivity contribution in [2.24, 2.45) is 5.92 Å². The van der Waals surface area contributed by atoms with E-state index >= 15 is 0 Å². The van der Waals surface area contributed by atoms with E-state index in [9.17, 15) is 9.59 Å². The highest BCUT2D eigenvalue weighted by Gasteiger charge is 2.21. The maximum Gasteiger partial charge on any atom is 0.224 e. The van der Waals surface area contributed by atoms with Gasteiger partial charge in [-0.15, -0.1) is 11.3 Å². The molecule has 0 saturated carbocycles. The minimum absolute atomic E-state index is 0.00811. The van der Waals surface area contributed by atoms with Crippen LogP contribution in [0.2, 0.25) is 0 Å². The number of hydrogen-bond acceptors (Lipinski definition) is 4. The Labute approximate surface area is 215 Å². The highest BCUT2D eigenvalue weighted by atomic mass is 32.1. The van der Waals surface area contributed by atoms with E-state index < -0.39 is 0 Å². The van der Waals surface area contributed by atoms with Gasteiger partial charge in [0.2, 0.25) is 11.8 Å². The van der Waals surface area contributed by atoms with Gasteiger partial charge in [-0.3, -0.25) is 9.59 Å². The Hall–Kier alpha value is -3.64. The number of rotatable bonds is 8. The van der Waals surface area contributed by atoms with Crippen LogP contribution in [0.25, 0.3) is 21.2 Å². The fourth-order valence-corrected chi connectivity index (χ4v) is 5.67. The molecule has 1 aromatic heterocycles.